The summed E-state index contributed by atoms with van der Waals surface area (Å²) in [5, 5.41) is 8.82. The maximum atomic E-state index is 3.83. The standard InChI is InChI=1S/C57H38N2/c1-3-13-37(14-4-1)39-23-27-41(28-24-39)55-46-18-7-8-19-47(46)56(42-29-25-40(26-30-42)38-15-5-2-6-16-38)51-36-44(31-33-48(51)55)43-32-34-49-50(35-43)45-17-9-11-21-53(45)59-54-22-12-10-20-52(54)58-57(49)59/h1-36,57-58H. The smallest absolute Gasteiger partial charge is 0.131 e. The van der Waals surface area contributed by atoms with E-state index < -0.39 is 0 Å². The van der Waals surface area contributed by atoms with Crippen molar-refractivity contribution in [2.45, 2.75) is 6.17 Å². The molecule has 10 aromatic carbocycles. The van der Waals surface area contributed by atoms with E-state index in [0.717, 1.165) is 0 Å². The lowest BCUT2D eigenvalue weighted by Crippen LogP contribution is -2.27. The Labute approximate surface area is 344 Å². The fourth-order valence-corrected chi connectivity index (χ4v) is 9.66. The largest absolute Gasteiger partial charge is 0.359 e. The van der Waals surface area contributed by atoms with Crippen LogP contribution in [0.4, 0.5) is 17.1 Å². The first kappa shape index (κ1) is 33.5. The SMILES string of the molecule is c1ccc(-c2ccc(-c3c4ccccc4c(-c4ccc(-c5ccccc5)cc4)c4cc(-c5ccc6c(c5)-c5ccccc5N5c7ccccc7NC65)ccc34)cc2)cc1. The van der Waals surface area contributed by atoms with Gasteiger partial charge in [0.25, 0.3) is 0 Å². The zero-order chi connectivity index (χ0) is 38.9. The van der Waals surface area contributed by atoms with E-state index in [4.69, 9.17) is 0 Å². The maximum absolute atomic E-state index is 3.83. The molecule has 2 nitrogen and oxygen atoms in total. The lowest BCUT2D eigenvalue weighted by molar-refractivity contribution is 0.819. The van der Waals surface area contributed by atoms with Crippen LogP contribution in [0.15, 0.2) is 218 Å². The molecule has 59 heavy (non-hydrogen) atoms. The van der Waals surface area contributed by atoms with Crippen LogP contribution in [0.1, 0.15) is 11.7 Å². The van der Waals surface area contributed by atoms with Gasteiger partial charge in [0.05, 0.1) is 17.1 Å². The fraction of sp³-hybridized carbons (Fsp3) is 0.0175. The molecule has 276 valence electrons. The third-order valence-corrected chi connectivity index (χ3v) is 12.4. The van der Waals surface area contributed by atoms with Crippen LogP contribution in [-0.2, 0) is 0 Å². The van der Waals surface area contributed by atoms with Gasteiger partial charge in [-0.05, 0) is 113 Å². The van der Waals surface area contributed by atoms with Crippen molar-refractivity contribution < 1.29 is 0 Å². The summed E-state index contributed by atoms with van der Waals surface area (Å²) in [5.74, 6) is 0. The van der Waals surface area contributed by atoms with Crippen LogP contribution in [0.3, 0.4) is 0 Å². The predicted molar refractivity (Wildman–Crippen MR) is 249 cm³/mol. The quantitative estimate of drug-likeness (QED) is 0.176. The normalized spacial score (nSPS) is 13.7. The van der Waals surface area contributed by atoms with Crippen molar-refractivity contribution in [2.24, 2.45) is 0 Å². The van der Waals surface area contributed by atoms with Crippen molar-refractivity contribution in [1.82, 2.24) is 0 Å². The zero-order valence-electron chi connectivity index (χ0n) is 32.3. The van der Waals surface area contributed by atoms with E-state index in [0.29, 0.717) is 0 Å². The molecule has 0 aromatic heterocycles. The van der Waals surface area contributed by atoms with Gasteiger partial charge < -0.3 is 10.2 Å². The molecular weight excluding hydrogens is 713 g/mol. The van der Waals surface area contributed by atoms with E-state index in [-0.39, 0.29) is 6.17 Å². The highest BCUT2D eigenvalue weighted by molar-refractivity contribution is 6.22. The molecule has 2 heteroatoms. The number of hydrogen-bond donors (Lipinski definition) is 1. The first-order valence-electron chi connectivity index (χ1n) is 20.5. The lowest BCUT2D eigenvalue weighted by Gasteiger charge is -2.35. The summed E-state index contributed by atoms with van der Waals surface area (Å²) in [7, 11) is 0. The van der Waals surface area contributed by atoms with Crippen molar-refractivity contribution >= 4 is 38.6 Å². The van der Waals surface area contributed by atoms with Gasteiger partial charge in [0, 0.05) is 11.1 Å². The molecule has 1 atom stereocenters. The average Bonchev–Trinajstić information content (AvgIpc) is 3.71. The first-order valence-corrected chi connectivity index (χ1v) is 20.5. The Bertz CT molecular complexity index is 3220. The van der Waals surface area contributed by atoms with Gasteiger partial charge in [-0.15, -0.1) is 0 Å². The van der Waals surface area contributed by atoms with Gasteiger partial charge in [-0.25, -0.2) is 0 Å². The monoisotopic (exact) mass is 750 g/mol. The second-order valence-corrected chi connectivity index (χ2v) is 15.7. The summed E-state index contributed by atoms with van der Waals surface area (Å²) in [5.41, 5.74) is 19.7. The van der Waals surface area contributed by atoms with Crippen molar-refractivity contribution in [3.8, 4) is 66.8 Å². The highest BCUT2D eigenvalue weighted by atomic mass is 15.3. The molecular formula is C57H38N2. The molecule has 1 N–H and O–H groups in total. The van der Waals surface area contributed by atoms with E-state index in [1.807, 2.05) is 0 Å². The third kappa shape index (κ3) is 5.41. The number of nitrogens with zero attached hydrogens (tertiary/aromatic N) is 1. The molecule has 0 amide bonds. The van der Waals surface area contributed by atoms with Crippen molar-refractivity contribution in [3.05, 3.63) is 224 Å². The summed E-state index contributed by atoms with van der Waals surface area (Å²) in [4.78, 5) is 2.46. The Hall–Kier alpha value is -7.68. The zero-order valence-corrected chi connectivity index (χ0v) is 32.3. The van der Waals surface area contributed by atoms with Crippen molar-refractivity contribution in [1.29, 1.82) is 0 Å². The number of nitrogens with one attached hydrogen (secondary N) is 1. The molecule has 10 aromatic rings. The van der Waals surface area contributed by atoms with Crippen molar-refractivity contribution in [2.75, 3.05) is 10.2 Å². The Morgan fingerprint density at radius 3 is 1.42 bits per heavy atom. The Morgan fingerprint density at radius 2 is 0.763 bits per heavy atom. The fourth-order valence-electron chi connectivity index (χ4n) is 9.66. The van der Waals surface area contributed by atoms with Gasteiger partial charge in [-0.1, -0.05) is 188 Å². The Balaban J connectivity index is 1.06. The van der Waals surface area contributed by atoms with Gasteiger partial charge >= 0.3 is 0 Å². The Kier molecular flexibility index (Phi) is 7.64. The van der Waals surface area contributed by atoms with Crippen LogP contribution < -0.4 is 10.2 Å². The van der Waals surface area contributed by atoms with Gasteiger partial charge in [-0.2, -0.15) is 0 Å². The molecule has 1 unspecified atom stereocenters. The molecule has 0 saturated carbocycles. The average molecular weight is 751 g/mol. The van der Waals surface area contributed by atoms with E-state index in [2.05, 4.69) is 229 Å². The summed E-state index contributed by atoms with van der Waals surface area (Å²) in [6, 6.07) is 80.2. The molecule has 2 heterocycles. The molecule has 0 aliphatic carbocycles. The van der Waals surface area contributed by atoms with Crippen LogP contribution in [0.2, 0.25) is 0 Å². The highest BCUT2D eigenvalue weighted by Gasteiger charge is 2.37. The third-order valence-electron chi connectivity index (χ3n) is 12.4. The van der Waals surface area contributed by atoms with Crippen LogP contribution in [0, 0.1) is 0 Å². The maximum Gasteiger partial charge on any atom is 0.131 e. The molecule has 0 saturated heterocycles. The molecule has 0 spiro atoms. The minimum Gasteiger partial charge on any atom is -0.359 e. The van der Waals surface area contributed by atoms with E-state index in [1.165, 1.54) is 111 Å². The summed E-state index contributed by atoms with van der Waals surface area (Å²) in [6.07, 6.45) is 0.0376. The number of rotatable bonds is 5. The number of fused-ring (bicyclic) bond motifs is 10. The van der Waals surface area contributed by atoms with E-state index >= 15 is 0 Å². The summed E-state index contributed by atoms with van der Waals surface area (Å²) < 4.78 is 0. The minimum absolute atomic E-state index is 0.0376. The number of anilines is 3. The highest BCUT2D eigenvalue weighted by Crippen LogP contribution is 2.54. The van der Waals surface area contributed by atoms with Gasteiger partial charge in [0.15, 0.2) is 0 Å². The molecule has 0 bridgehead atoms. The van der Waals surface area contributed by atoms with E-state index in [1.54, 1.807) is 0 Å². The van der Waals surface area contributed by atoms with Crippen molar-refractivity contribution in [3.63, 3.8) is 0 Å². The van der Waals surface area contributed by atoms with Crippen LogP contribution in [0.5, 0.6) is 0 Å². The van der Waals surface area contributed by atoms with Gasteiger partial charge in [0.2, 0.25) is 0 Å². The summed E-state index contributed by atoms with van der Waals surface area (Å²) >= 11 is 0. The van der Waals surface area contributed by atoms with Gasteiger partial charge in [-0.3, -0.25) is 0 Å². The minimum atomic E-state index is 0.0376. The molecule has 0 fully saturated rings. The first-order chi connectivity index (χ1) is 29.3. The predicted octanol–water partition coefficient (Wildman–Crippen LogP) is 15.6. The number of hydrogen-bond acceptors (Lipinski definition) is 2. The topological polar surface area (TPSA) is 15.3 Å². The van der Waals surface area contributed by atoms with Gasteiger partial charge in [0.1, 0.15) is 6.17 Å². The number of benzene rings is 10. The molecule has 0 radical (unpaired) electrons. The summed E-state index contributed by atoms with van der Waals surface area (Å²) in [6.45, 7) is 0. The van der Waals surface area contributed by atoms with Crippen LogP contribution in [0.25, 0.3) is 88.3 Å². The number of para-hydroxylation sites is 3. The molecule has 2 aliphatic rings. The Morgan fingerprint density at radius 1 is 0.305 bits per heavy atom. The second-order valence-electron chi connectivity index (χ2n) is 15.7. The second kappa shape index (κ2) is 13.5. The van der Waals surface area contributed by atoms with Crippen LogP contribution in [-0.4, -0.2) is 0 Å². The lowest BCUT2D eigenvalue weighted by atomic mass is 9.83. The van der Waals surface area contributed by atoms with E-state index in [9.17, 15) is 0 Å². The molecule has 2 aliphatic heterocycles. The molecule has 12 rings (SSSR count). The van der Waals surface area contributed by atoms with Crippen LogP contribution >= 0.6 is 0 Å².